The summed E-state index contributed by atoms with van der Waals surface area (Å²) >= 11 is 0. The second-order valence-electron chi connectivity index (χ2n) is 10.7. The Hall–Kier alpha value is -3.44. The highest BCUT2D eigenvalue weighted by Crippen LogP contribution is 2.19. The van der Waals surface area contributed by atoms with Crippen molar-refractivity contribution in [1.29, 1.82) is 0 Å². The fraction of sp³-hybridized carbons (Fsp3) is 0.586. The van der Waals surface area contributed by atoms with Crippen LogP contribution in [0, 0.1) is 11.8 Å². The normalized spacial score (nSPS) is 16.1. The summed E-state index contributed by atoms with van der Waals surface area (Å²) in [6, 6.07) is 7.57. The van der Waals surface area contributed by atoms with E-state index in [4.69, 9.17) is 15.3 Å². The second kappa shape index (κ2) is 17.3. The third-order valence-electron chi connectivity index (χ3n) is 6.19. The van der Waals surface area contributed by atoms with Gasteiger partial charge < -0.3 is 15.8 Å². The standard InChI is InChI=1S/C29H45N5O6/c1-21(2)16-17-25(35)34(33(20-22(3)4)26(36)19-31-29(30)38)24(14-10-13-23-11-6-5-7-12-23)28(37)32-40-27-15-8-9-18-39-27/h5-7,10-13,21-22,24,27H,8-9,14-20H2,1-4H3,(H,32,37)(H3,30,31,38)/t24-,27+/m0/s1. The van der Waals surface area contributed by atoms with E-state index in [2.05, 4.69) is 10.8 Å². The molecule has 40 heavy (non-hydrogen) atoms. The number of nitrogens with one attached hydrogen (secondary N) is 2. The fourth-order valence-electron chi connectivity index (χ4n) is 4.12. The quantitative estimate of drug-likeness (QED) is 0.298. The van der Waals surface area contributed by atoms with E-state index < -0.39 is 36.7 Å². The highest BCUT2D eigenvalue weighted by Gasteiger charge is 2.37. The van der Waals surface area contributed by atoms with E-state index in [0.717, 1.165) is 18.4 Å². The number of nitrogens with two attached hydrogens (primary N) is 1. The largest absolute Gasteiger partial charge is 0.352 e. The Morgan fingerprint density at radius 1 is 1.07 bits per heavy atom. The lowest BCUT2D eigenvalue weighted by Crippen LogP contribution is -2.61. The monoisotopic (exact) mass is 559 g/mol. The third kappa shape index (κ3) is 11.7. The van der Waals surface area contributed by atoms with Gasteiger partial charge in [0.25, 0.3) is 11.8 Å². The number of rotatable bonds is 14. The molecule has 1 fully saturated rings. The molecule has 0 saturated carbocycles. The smallest absolute Gasteiger partial charge is 0.312 e. The van der Waals surface area contributed by atoms with Crippen LogP contribution in [0.3, 0.4) is 0 Å². The number of urea groups is 1. The molecular weight excluding hydrogens is 514 g/mol. The van der Waals surface area contributed by atoms with E-state index in [9.17, 15) is 19.2 Å². The molecular formula is C29H45N5O6. The van der Waals surface area contributed by atoms with Gasteiger partial charge in [-0.3, -0.25) is 14.4 Å². The Kier molecular flexibility index (Phi) is 14.2. The molecule has 4 N–H and O–H groups in total. The molecule has 5 amide bonds. The SMILES string of the molecule is CC(C)CCC(=O)N([C@@H](CC=Cc1ccccc1)C(=O)NO[C@@H]1CCCCO1)N(CC(C)C)C(=O)CNC(N)=O. The van der Waals surface area contributed by atoms with Gasteiger partial charge in [-0.2, -0.15) is 0 Å². The van der Waals surface area contributed by atoms with E-state index in [0.29, 0.717) is 19.4 Å². The minimum Gasteiger partial charge on any atom is -0.352 e. The lowest BCUT2D eigenvalue weighted by molar-refractivity contribution is -0.206. The first-order valence-electron chi connectivity index (χ1n) is 14.0. The number of hydrazine groups is 1. The Labute approximate surface area is 237 Å². The zero-order valence-electron chi connectivity index (χ0n) is 24.1. The number of amides is 5. The van der Waals surface area contributed by atoms with Gasteiger partial charge in [0, 0.05) is 26.0 Å². The van der Waals surface area contributed by atoms with Gasteiger partial charge in [0.05, 0.1) is 0 Å². The summed E-state index contributed by atoms with van der Waals surface area (Å²) in [6.07, 6.45) is 6.32. The average molecular weight is 560 g/mol. The predicted octanol–water partition coefficient (Wildman–Crippen LogP) is 3.37. The van der Waals surface area contributed by atoms with E-state index in [1.54, 1.807) is 6.08 Å². The first-order valence-corrected chi connectivity index (χ1v) is 14.0. The van der Waals surface area contributed by atoms with Gasteiger partial charge in [-0.15, -0.1) is 0 Å². The van der Waals surface area contributed by atoms with Crippen LogP contribution in [0.2, 0.25) is 0 Å². The topological polar surface area (TPSA) is 143 Å². The van der Waals surface area contributed by atoms with Crippen LogP contribution in [0.15, 0.2) is 36.4 Å². The van der Waals surface area contributed by atoms with Crippen molar-refractivity contribution in [3.05, 3.63) is 42.0 Å². The van der Waals surface area contributed by atoms with Crippen LogP contribution in [0.25, 0.3) is 6.08 Å². The Bertz CT molecular complexity index is 978. The number of benzene rings is 1. The minimum absolute atomic E-state index is 0.0478. The van der Waals surface area contributed by atoms with E-state index >= 15 is 0 Å². The average Bonchev–Trinajstić information content (AvgIpc) is 2.93. The van der Waals surface area contributed by atoms with E-state index in [1.165, 1.54) is 10.0 Å². The molecule has 11 nitrogen and oxygen atoms in total. The van der Waals surface area contributed by atoms with Gasteiger partial charge in [-0.25, -0.2) is 25.1 Å². The maximum Gasteiger partial charge on any atom is 0.312 e. The first-order chi connectivity index (χ1) is 19.1. The number of hydrogen-bond donors (Lipinski definition) is 3. The molecule has 0 radical (unpaired) electrons. The second-order valence-corrected chi connectivity index (χ2v) is 10.7. The Balaban J connectivity index is 2.43. The number of hydroxylamine groups is 1. The van der Waals surface area contributed by atoms with Crippen LogP contribution in [0.4, 0.5) is 4.79 Å². The molecule has 0 aliphatic carbocycles. The van der Waals surface area contributed by atoms with Gasteiger partial charge in [-0.1, -0.05) is 70.2 Å². The summed E-state index contributed by atoms with van der Waals surface area (Å²) in [5, 5.41) is 4.77. The van der Waals surface area contributed by atoms with Gasteiger partial charge in [0.15, 0.2) is 6.29 Å². The number of ether oxygens (including phenoxy) is 1. The summed E-state index contributed by atoms with van der Waals surface area (Å²) in [7, 11) is 0. The molecule has 1 heterocycles. The highest BCUT2D eigenvalue weighted by atomic mass is 16.8. The summed E-state index contributed by atoms with van der Waals surface area (Å²) in [5.74, 6) is -1.35. The van der Waals surface area contributed by atoms with Crippen molar-refractivity contribution in [2.45, 2.75) is 78.6 Å². The van der Waals surface area contributed by atoms with E-state index in [-0.39, 0.29) is 37.1 Å². The maximum absolute atomic E-state index is 13.7. The third-order valence-corrected chi connectivity index (χ3v) is 6.19. The van der Waals surface area contributed by atoms with Crippen LogP contribution < -0.4 is 16.5 Å². The van der Waals surface area contributed by atoms with Crippen molar-refractivity contribution >= 4 is 29.8 Å². The van der Waals surface area contributed by atoms with Crippen molar-refractivity contribution in [3.63, 3.8) is 0 Å². The van der Waals surface area contributed by atoms with Gasteiger partial charge in [0.1, 0.15) is 12.6 Å². The fourth-order valence-corrected chi connectivity index (χ4v) is 4.12. The molecule has 2 atom stereocenters. The molecule has 1 saturated heterocycles. The molecule has 1 aliphatic heterocycles. The summed E-state index contributed by atoms with van der Waals surface area (Å²) in [4.78, 5) is 57.6. The van der Waals surface area contributed by atoms with Crippen molar-refractivity contribution < 1.29 is 28.8 Å². The van der Waals surface area contributed by atoms with Crippen molar-refractivity contribution in [2.75, 3.05) is 19.7 Å². The molecule has 2 rings (SSSR count). The number of carbonyl (C=O) groups excluding carboxylic acids is 4. The number of hydrogen-bond acceptors (Lipinski definition) is 6. The van der Waals surface area contributed by atoms with Crippen molar-refractivity contribution in [3.8, 4) is 0 Å². The minimum atomic E-state index is -1.11. The van der Waals surface area contributed by atoms with Crippen molar-refractivity contribution in [2.24, 2.45) is 17.6 Å². The molecule has 1 aliphatic rings. The van der Waals surface area contributed by atoms with E-state index in [1.807, 2.05) is 64.1 Å². The van der Waals surface area contributed by atoms with Crippen LogP contribution in [-0.2, 0) is 24.0 Å². The Morgan fingerprint density at radius 2 is 1.80 bits per heavy atom. The van der Waals surface area contributed by atoms with Gasteiger partial charge in [0.2, 0.25) is 5.91 Å². The summed E-state index contributed by atoms with van der Waals surface area (Å²) in [5.41, 5.74) is 8.60. The van der Waals surface area contributed by atoms with Gasteiger partial charge >= 0.3 is 6.03 Å². The molecule has 0 unspecified atom stereocenters. The van der Waals surface area contributed by atoms with Crippen LogP contribution >= 0.6 is 0 Å². The van der Waals surface area contributed by atoms with Crippen LogP contribution in [-0.4, -0.2) is 65.8 Å². The lowest BCUT2D eigenvalue weighted by atomic mass is 10.1. The predicted molar refractivity (Wildman–Crippen MR) is 152 cm³/mol. The van der Waals surface area contributed by atoms with Gasteiger partial charge in [-0.05, 0) is 43.1 Å². The number of carbonyl (C=O) groups is 4. The first kappa shape index (κ1) is 32.8. The highest BCUT2D eigenvalue weighted by molar-refractivity contribution is 5.90. The maximum atomic E-state index is 13.7. The lowest BCUT2D eigenvalue weighted by Gasteiger charge is -2.40. The van der Waals surface area contributed by atoms with Crippen LogP contribution in [0.5, 0.6) is 0 Å². The molecule has 1 aromatic carbocycles. The van der Waals surface area contributed by atoms with Crippen LogP contribution in [0.1, 0.15) is 71.8 Å². The molecule has 1 aromatic rings. The Morgan fingerprint density at radius 3 is 2.40 bits per heavy atom. The summed E-state index contributed by atoms with van der Waals surface area (Å²) in [6.45, 7) is 8.04. The molecule has 0 bridgehead atoms. The molecule has 0 aromatic heterocycles. The molecule has 222 valence electrons. The number of nitrogens with zero attached hydrogens (tertiary/aromatic N) is 2. The molecule has 11 heteroatoms. The summed E-state index contributed by atoms with van der Waals surface area (Å²) < 4.78 is 5.56. The van der Waals surface area contributed by atoms with Crippen molar-refractivity contribution in [1.82, 2.24) is 20.8 Å². The zero-order chi connectivity index (χ0) is 29.5. The molecule has 0 spiro atoms. The zero-order valence-corrected chi connectivity index (χ0v) is 24.1. The number of primary amides is 1.